The van der Waals surface area contributed by atoms with Gasteiger partial charge in [0.05, 0.1) is 6.04 Å². The van der Waals surface area contributed by atoms with Gasteiger partial charge in [-0.3, -0.25) is 9.59 Å². The summed E-state index contributed by atoms with van der Waals surface area (Å²) in [4.78, 5) is 44.1. The highest BCUT2D eigenvalue weighted by atomic mass is 32.2. The van der Waals surface area contributed by atoms with Gasteiger partial charge in [-0.25, -0.2) is 9.78 Å². The maximum absolute atomic E-state index is 13.6. The molecule has 0 aliphatic rings. The Morgan fingerprint density at radius 3 is 2.12 bits per heavy atom. The maximum Gasteiger partial charge on any atom is 0.408 e. The average Bonchev–Trinajstić information content (AvgIpc) is 3.50. The predicted octanol–water partition coefficient (Wildman–Crippen LogP) is 4.83. The second-order valence-electron chi connectivity index (χ2n) is 10.6. The number of amides is 3. The molecule has 42 heavy (non-hydrogen) atoms. The van der Waals surface area contributed by atoms with E-state index >= 15 is 0 Å². The fourth-order valence-electron chi connectivity index (χ4n) is 4.22. The molecule has 0 saturated carbocycles. The molecule has 0 aliphatic heterocycles. The van der Waals surface area contributed by atoms with E-state index in [0.29, 0.717) is 11.4 Å². The Hall–Kier alpha value is -3.41. The highest BCUT2D eigenvalue weighted by Crippen LogP contribution is 2.24. The van der Waals surface area contributed by atoms with Crippen LogP contribution in [-0.2, 0) is 27.4 Å². The van der Waals surface area contributed by atoms with E-state index in [2.05, 4.69) is 20.9 Å². The van der Waals surface area contributed by atoms with E-state index in [4.69, 9.17) is 4.74 Å². The van der Waals surface area contributed by atoms with E-state index in [9.17, 15) is 19.5 Å². The average molecular weight is 613 g/mol. The third-order valence-corrected chi connectivity index (χ3v) is 8.16. The van der Waals surface area contributed by atoms with Gasteiger partial charge in [-0.2, -0.15) is 0 Å². The molecule has 11 heteroatoms. The third kappa shape index (κ3) is 11.1. The summed E-state index contributed by atoms with van der Waals surface area (Å²) in [6.45, 7) is 7.92. The van der Waals surface area contributed by atoms with Gasteiger partial charge in [-0.05, 0) is 23.5 Å². The van der Waals surface area contributed by atoms with E-state index in [1.807, 2.05) is 88.4 Å². The molecule has 3 rings (SSSR count). The van der Waals surface area contributed by atoms with Crippen LogP contribution in [0.25, 0.3) is 0 Å². The molecule has 4 atom stereocenters. The van der Waals surface area contributed by atoms with Gasteiger partial charge in [-0.1, -0.05) is 88.4 Å². The minimum Gasteiger partial charge on any atom is -0.445 e. The van der Waals surface area contributed by atoms with Crippen molar-refractivity contribution in [3.05, 3.63) is 88.4 Å². The fraction of sp³-hybridized carbons (Fsp3) is 0.419. The van der Waals surface area contributed by atoms with Crippen LogP contribution in [0.2, 0.25) is 0 Å². The topological polar surface area (TPSA) is 130 Å². The van der Waals surface area contributed by atoms with Gasteiger partial charge in [0.15, 0.2) is 5.37 Å². The first-order chi connectivity index (χ1) is 20.1. The number of nitrogens with zero attached hydrogens (tertiary/aromatic N) is 1. The molecule has 2 aromatic carbocycles. The predicted molar refractivity (Wildman–Crippen MR) is 167 cm³/mol. The monoisotopic (exact) mass is 612 g/mol. The van der Waals surface area contributed by atoms with Crippen molar-refractivity contribution in [2.45, 2.75) is 76.0 Å². The summed E-state index contributed by atoms with van der Waals surface area (Å²) < 4.78 is 5.37. The number of benzene rings is 2. The Labute approximate surface area is 255 Å². The van der Waals surface area contributed by atoms with Crippen LogP contribution in [0.3, 0.4) is 0 Å². The van der Waals surface area contributed by atoms with Crippen molar-refractivity contribution >= 4 is 41.0 Å². The van der Waals surface area contributed by atoms with E-state index in [1.165, 1.54) is 23.1 Å². The standard InChI is InChI=1S/C31H40N4O5S2/c1-20(2)17-24(26(36)29-32-15-16-41-29)33-28(38)30(42-21(3)4)35-27(37)25(18-22-11-7-5-8-12-22)34-31(39)40-19-23-13-9-6-10-14-23/h5-16,20-21,24-26,30,36H,17-19H2,1-4H3,(H,33,38)(H,34,39)(H,35,37)/t24?,25-,26+,30-/m0/s1. The molecule has 3 amide bonds. The Balaban J connectivity index is 1.74. The van der Waals surface area contributed by atoms with Crippen LogP contribution in [0.15, 0.2) is 72.2 Å². The first-order valence-corrected chi connectivity index (χ1v) is 15.8. The van der Waals surface area contributed by atoms with E-state index < -0.39 is 41.5 Å². The molecular formula is C31H40N4O5S2. The first kappa shape index (κ1) is 33.1. The fourth-order valence-corrected chi connectivity index (χ4v) is 5.82. The maximum atomic E-state index is 13.6. The summed E-state index contributed by atoms with van der Waals surface area (Å²) in [6, 6.07) is 17.0. The van der Waals surface area contributed by atoms with Gasteiger partial charge in [0, 0.05) is 23.2 Å². The highest BCUT2D eigenvalue weighted by Gasteiger charge is 2.32. The number of ether oxygens (including phenoxy) is 1. The smallest absolute Gasteiger partial charge is 0.408 e. The summed E-state index contributed by atoms with van der Waals surface area (Å²) >= 11 is 2.59. The molecule has 0 saturated heterocycles. The molecule has 0 fully saturated rings. The van der Waals surface area contributed by atoms with Crippen molar-refractivity contribution in [1.82, 2.24) is 20.9 Å². The molecule has 9 nitrogen and oxygen atoms in total. The van der Waals surface area contributed by atoms with Crippen molar-refractivity contribution in [3.8, 4) is 0 Å². The Morgan fingerprint density at radius 1 is 0.905 bits per heavy atom. The lowest BCUT2D eigenvalue weighted by molar-refractivity contribution is -0.128. The molecule has 0 spiro atoms. The zero-order chi connectivity index (χ0) is 30.5. The Morgan fingerprint density at radius 2 is 1.55 bits per heavy atom. The van der Waals surface area contributed by atoms with Crippen LogP contribution in [0.5, 0.6) is 0 Å². The summed E-state index contributed by atoms with van der Waals surface area (Å²) in [7, 11) is 0. The second kappa shape index (κ2) is 16.9. The number of hydrogen-bond acceptors (Lipinski definition) is 8. The van der Waals surface area contributed by atoms with E-state index in [-0.39, 0.29) is 24.2 Å². The molecule has 3 aromatic rings. The summed E-state index contributed by atoms with van der Waals surface area (Å²) in [6.07, 6.45) is 0.608. The van der Waals surface area contributed by atoms with Crippen molar-refractivity contribution in [2.75, 3.05) is 0 Å². The lowest BCUT2D eigenvalue weighted by atomic mass is 9.99. The lowest BCUT2D eigenvalue weighted by Gasteiger charge is -2.28. The normalized spacial score (nSPS) is 14.1. The van der Waals surface area contributed by atoms with Gasteiger partial charge in [0.1, 0.15) is 23.8 Å². The van der Waals surface area contributed by atoms with Crippen molar-refractivity contribution in [3.63, 3.8) is 0 Å². The first-order valence-electron chi connectivity index (χ1n) is 14.0. The lowest BCUT2D eigenvalue weighted by Crippen LogP contribution is -2.55. The Kier molecular flexibility index (Phi) is 13.3. The summed E-state index contributed by atoms with van der Waals surface area (Å²) in [5.41, 5.74) is 1.65. The van der Waals surface area contributed by atoms with Crippen LogP contribution in [0.1, 0.15) is 56.4 Å². The summed E-state index contributed by atoms with van der Waals surface area (Å²) in [5.74, 6) is -0.768. The number of rotatable bonds is 15. The zero-order valence-corrected chi connectivity index (χ0v) is 26.0. The number of carbonyl (C=O) groups excluding carboxylic acids is 3. The van der Waals surface area contributed by atoms with Gasteiger partial charge in [0.25, 0.3) is 5.91 Å². The molecule has 226 valence electrons. The molecule has 0 bridgehead atoms. The zero-order valence-electron chi connectivity index (χ0n) is 24.4. The summed E-state index contributed by atoms with van der Waals surface area (Å²) in [5, 5.41) is 20.8. The molecule has 1 unspecified atom stereocenters. The van der Waals surface area contributed by atoms with E-state index in [1.54, 1.807) is 11.6 Å². The number of thiazole rings is 1. The second-order valence-corrected chi connectivity index (χ2v) is 13.2. The largest absolute Gasteiger partial charge is 0.445 e. The minimum absolute atomic E-state index is 0.00450. The number of aromatic nitrogens is 1. The number of thioether (sulfide) groups is 1. The van der Waals surface area contributed by atoms with E-state index in [0.717, 1.165) is 11.1 Å². The van der Waals surface area contributed by atoms with Crippen molar-refractivity contribution < 1.29 is 24.2 Å². The van der Waals surface area contributed by atoms with Gasteiger partial charge in [-0.15, -0.1) is 23.1 Å². The quantitative estimate of drug-likeness (QED) is 0.181. The number of aliphatic hydroxyl groups is 1. The number of carbonyl (C=O) groups is 3. The minimum atomic E-state index is -0.994. The van der Waals surface area contributed by atoms with Gasteiger partial charge >= 0.3 is 6.09 Å². The molecule has 1 heterocycles. The number of hydrogen-bond donors (Lipinski definition) is 4. The van der Waals surface area contributed by atoms with Crippen molar-refractivity contribution in [2.24, 2.45) is 5.92 Å². The molecule has 4 N–H and O–H groups in total. The van der Waals surface area contributed by atoms with Gasteiger partial charge < -0.3 is 25.8 Å². The third-order valence-electron chi connectivity index (χ3n) is 6.16. The van der Waals surface area contributed by atoms with Crippen LogP contribution in [0.4, 0.5) is 4.79 Å². The highest BCUT2D eigenvalue weighted by molar-refractivity contribution is 8.01. The molecule has 1 aromatic heterocycles. The number of alkyl carbamates (subject to hydrolysis) is 1. The molecule has 0 radical (unpaired) electrons. The molecule has 0 aliphatic carbocycles. The Bertz CT molecular complexity index is 1240. The SMILES string of the molecule is CC(C)CC(NC(=O)[C@@H](NC(=O)[C@H](Cc1ccccc1)NC(=O)OCc1ccccc1)SC(C)C)[C@@H](O)c1nccs1. The van der Waals surface area contributed by atoms with Crippen LogP contribution in [0, 0.1) is 5.92 Å². The number of nitrogens with one attached hydrogen (secondary N) is 3. The van der Waals surface area contributed by atoms with Crippen LogP contribution < -0.4 is 16.0 Å². The van der Waals surface area contributed by atoms with Crippen LogP contribution >= 0.6 is 23.1 Å². The number of aliphatic hydroxyl groups excluding tert-OH is 1. The van der Waals surface area contributed by atoms with Gasteiger partial charge in [0.2, 0.25) is 5.91 Å². The molecular weight excluding hydrogens is 572 g/mol. The van der Waals surface area contributed by atoms with Crippen LogP contribution in [-0.4, -0.2) is 50.7 Å². The van der Waals surface area contributed by atoms with Crippen molar-refractivity contribution in [1.29, 1.82) is 0 Å².